The third kappa shape index (κ3) is 3.80. The lowest BCUT2D eigenvalue weighted by molar-refractivity contribution is 0.252. The Kier molecular flexibility index (Phi) is 5.44. The maximum Gasteiger partial charge on any atom is 0.319 e. The van der Waals surface area contributed by atoms with Crippen molar-refractivity contribution >= 4 is 23.3 Å². The molecule has 5 nitrogen and oxygen atoms in total. The topological polar surface area (TPSA) is 59.0 Å². The zero-order valence-corrected chi connectivity index (χ0v) is 13.9. The van der Waals surface area contributed by atoms with Crippen molar-refractivity contribution in [3.63, 3.8) is 0 Å². The van der Waals surface area contributed by atoms with E-state index in [1.807, 2.05) is 49.7 Å². The number of aromatic nitrogens is 2. The van der Waals surface area contributed by atoms with E-state index in [4.69, 9.17) is 11.6 Å². The Bertz CT molecular complexity index is 666. The summed E-state index contributed by atoms with van der Waals surface area (Å²) in [5, 5.41) is 10.9. The molecule has 0 saturated heterocycles. The standard InChI is InChI=1S/C16H21ClN4O/c1-4-9-18-16(22)19-15-11(2)20-21(12(15)3)10-13-7-5-6-8-14(13)17/h5-8H,4,9-10H2,1-3H3,(H2,18,19,22). The molecule has 0 spiro atoms. The van der Waals surface area contributed by atoms with E-state index in [1.54, 1.807) is 0 Å². The minimum Gasteiger partial charge on any atom is -0.338 e. The van der Waals surface area contributed by atoms with Crippen LogP contribution < -0.4 is 10.6 Å². The molecule has 0 unspecified atom stereocenters. The molecular formula is C16H21ClN4O. The molecule has 2 rings (SSSR count). The van der Waals surface area contributed by atoms with Crippen LogP contribution in [0.15, 0.2) is 24.3 Å². The predicted molar refractivity (Wildman–Crippen MR) is 89.6 cm³/mol. The molecule has 2 aromatic rings. The molecule has 2 amide bonds. The first-order valence-electron chi connectivity index (χ1n) is 7.35. The van der Waals surface area contributed by atoms with E-state index in [9.17, 15) is 4.79 Å². The van der Waals surface area contributed by atoms with Crippen LogP contribution in [-0.4, -0.2) is 22.4 Å². The Balaban J connectivity index is 2.17. The quantitative estimate of drug-likeness (QED) is 0.881. The smallest absolute Gasteiger partial charge is 0.319 e. The first kappa shape index (κ1) is 16.4. The zero-order valence-electron chi connectivity index (χ0n) is 13.1. The van der Waals surface area contributed by atoms with Gasteiger partial charge in [0.1, 0.15) is 0 Å². The van der Waals surface area contributed by atoms with Crippen LogP contribution in [0.1, 0.15) is 30.3 Å². The van der Waals surface area contributed by atoms with E-state index < -0.39 is 0 Å². The minimum atomic E-state index is -0.203. The largest absolute Gasteiger partial charge is 0.338 e. The first-order chi connectivity index (χ1) is 10.5. The van der Waals surface area contributed by atoms with Gasteiger partial charge < -0.3 is 10.6 Å². The van der Waals surface area contributed by atoms with Gasteiger partial charge in [0.15, 0.2) is 0 Å². The number of hydrogen-bond donors (Lipinski definition) is 2. The lowest BCUT2D eigenvalue weighted by Crippen LogP contribution is -2.29. The molecular weight excluding hydrogens is 300 g/mol. The van der Waals surface area contributed by atoms with Crippen molar-refractivity contribution in [3.8, 4) is 0 Å². The highest BCUT2D eigenvalue weighted by Gasteiger charge is 2.14. The molecule has 0 radical (unpaired) electrons. The summed E-state index contributed by atoms with van der Waals surface area (Å²) in [5.74, 6) is 0. The van der Waals surface area contributed by atoms with Crippen LogP contribution in [0.25, 0.3) is 0 Å². The Hall–Kier alpha value is -2.01. The average Bonchev–Trinajstić information content (AvgIpc) is 2.75. The monoisotopic (exact) mass is 320 g/mol. The number of carbonyl (C=O) groups is 1. The second-order valence-corrected chi connectivity index (χ2v) is 5.58. The van der Waals surface area contributed by atoms with Crippen molar-refractivity contribution in [2.24, 2.45) is 0 Å². The second kappa shape index (κ2) is 7.31. The van der Waals surface area contributed by atoms with Gasteiger partial charge in [-0.3, -0.25) is 4.68 Å². The molecule has 0 atom stereocenters. The molecule has 0 aliphatic heterocycles. The molecule has 0 aliphatic carbocycles. The molecule has 6 heteroatoms. The molecule has 1 aromatic heterocycles. The molecule has 0 bridgehead atoms. The van der Waals surface area contributed by atoms with E-state index in [1.165, 1.54) is 0 Å². The predicted octanol–water partition coefficient (Wildman–Crippen LogP) is 3.73. The Morgan fingerprint density at radius 3 is 2.73 bits per heavy atom. The average molecular weight is 321 g/mol. The van der Waals surface area contributed by atoms with Crippen molar-refractivity contribution in [2.75, 3.05) is 11.9 Å². The van der Waals surface area contributed by atoms with E-state index in [-0.39, 0.29) is 6.03 Å². The molecule has 22 heavy (non-hydrogen) atoms. The highest BCUT2D eigenvalue weighted by molar-refractivity contribution is 6.31. The molecule has 0 aliphatic rings. The van der Waals surface area contributed by atoms with Gasteiger partial charge in [-0.05, 0) is 31.9 Å². The van der Waals surface area contributed by atoms with Crippen molar-refractivity contribution in [2.45, 2.75) is 33.7 Å². The van der Waals surface area contributed by atoms with Gasteiger partial charge in [-0.2, -0.15) is 5.10 Å². The number of hydrogen-bond acceptors (Lipinski definition) is 2. The van der Waals surface area contributed by atoms with Crippen LogP contribution in [0.3, 0.4) is 0 Å². The number of anilines is 1. The van der Waals surface area contributed by atoms with Gasteiger partial charge in [-0.25, -0.2) is 4.79 Å². The molecule has 118 valence electrons. The van der Waals surface area contributed by atoms with Crippen molar-refractivity contribution in [1.29, 1.82) is 0 Å². The van der Waals surface area contributed by atoms with Crippen molar-refractivity contribution in [1.82, 2.24) is 15.1 Å². The second-order valence-electron chi connectivity index (χ2n) is 5.18. The molecule has 0 saturated carbocycles. The van der Waals surface area contributed by atoms with E-state index >= 15 is 0 Å². The number of benzene rings is 1. The highest BCUT2D eigenvalue weighted by Crippen LogP contribution is 2.22. The van der Waals surface area contributed by atoms with Gasteiger partial charge in [-0.15, -0.1) is 0 Å². The molecule has 0 fully saturated rings. The van der Waals surface area contributed by atoms with Gasteiger partial charge in [0, 0.05) is 11.6 Å². The van der Waals surface area contributed by atoms with Gasteiger partial charge in [0.05, 0.1) is 23.6 Å². The third-order valence-electron chi connectivity index (χ3n) is 3.43. The fourth-order valence-electron chi connectivity index (χ4n) is 2.22. The fourth-order valence-corrected chi connectivity index (χ4v) is 2.41. The number of nitrogens with zero attached hydrogens (tertiary/aromatic N) is 2. The number of nitrogens with one attached hydrogen (secondary N) is 2. The maximum absolute atomic E-state index is 11.8. The maximum atomic E-state index is 11.8. The van der Waals surface area contributed by atoms with Crippen LogP contribution in [0.4, 0.5) is 10.5 Å². The van der Waals surface area contributed by atoms with Crippen molar-refractivity contribution < 1.29 is 4.79 Å². The number of urea groups is 1. The number of amides is 2. The van der Waals surface area contributed by atoms with E-state index in [2.05, 4.69) is 15.7 Å². The summed E-state index contributed by atoms with van der Waals surface area (Å²) in [6.07, 6.45) is 0.900. The number of halogens is 1. The van der Waals surface area contributed by atoms with Gasteiger partial charge in [-0.1, -0.05) is 36.7 Å². The molecule has 2 N–H and O–H groups in total. The SMILES string of the molecule is CCCNC(=O)Nc1c(C)nn(Cc2ccccc2Cl)c1C. The van der Waals surface area contributed by atoms with E-state index in [0.717, 1.165) is 29.1 Å². The normalized spacial score (nSPS) is 10.5. The fraction of sp³-hybridized carbons (Fsp3) is 0.375. The van der Waals surface area contributed by atoms with Crippen LogP contribution >= 0.6 is 11.6 Å². The number of aryl methyl sites for hydroxylation is 1. The Morgan fingerprint density at radius 1 is 1.32 bits per heavy atom. The third-order valence-corrected chi connectivity index (χ3v) is 3.80. The van der Waals surface area contributed by atoms with Gasteiger partial charge in [0.2, 0.25) is 0 Å². The number of rotatable bonds is 5. The highest BCUT2D eigenvalue weighted by atomic mass is 35.5. The summed E-state index contributed by atoms with van der Waals surface area (Å²) in [4.78, 5) is 11.8. The molecule has 1 heterocycles. The van der Waals surface area contributed by atoms with Crippen molar-refractivity contribution in [3.05, 3.63) is 46.2 Å². The zero-order chi connectivity index (χ0) is 16.1. The van der Waals surface area contributed by atoms with Gasteiger partial charge >= 0.3 is 6.03 Å². The van der Waals surface area contributed by atoms with Gasteiger partial charge in [0.25, 0.3) is 0 Å². The summed E-state index contributed by atoms with van der Waals surface area (Å²) in [7, 11) is 0. The van der Waals surface area contributed by atoms with Crippen LogP contribution in [-0.2, 0) is 6.54 Å². The summed E-state index contributed by atoms with van der Waals surface area (Å²) in [6, 6.07) is 7.48. The Morgan fingerprint density at radius 2 is 2.05 bits per heavy atom. The minimum absolute atomic E-state index is 0.203. The lowest BCUT2D eigenvalue weighted by atomic mass is 10.2. The van der Waals surface area contributed by atoms with Crippen LogP contribution in [0, 0.1) is 13.8 Å². The first-order valence-corrected chi connectivity index (χ1v) is 7.73. The molecule has 1 aromatic carbocycles. The van der Waals surface area contributed by atoms with Crippen LogP contribution in [0.2, 0.25) is 5.02 Å². The summed E-state index contributed by atoms with van der Waals surface area (Å²) in [5.41, 5.74) is 3.44. The number of carbonyl (C=O) groups excluding carboxylic acids is 1. The van der Waals surface area contributed by atoms with E-state index in [0.29, 0.717) is 18.1 Å². The Labute approximate surface area is 135 Å². The summed E-state index contributed by atoms with van der Waals surface area (Å²) >= 11 is 6.19. The lowest BCUT2D eigenvalue weighted by Gasteiger charge is -2.09. The summed E-state index contributed by atoms with van der Waals surface area (Å²) in [6.45, 7) is 7.05. The summed E-state index contributed by atoms with van der Waals surface area (Å²) < 4.78 is 1.85. The van der Waals surface area contributed by atoms with Crippen LogP contribution in [0.5, 0.6) is 0 Å².